The van der Waals surface area contributed by atoms with Gasteiger partial charge in [0.2, 0.25) is 0 Å². The van der Waals surface area contributed by atoms with Gasteiger partial charge in [0.1, 0.15) is 0 Å². The SMILES string of the molecule is CC(N)C1CCCCN1C(=O)c1ccn(-c2cccc(C(F)(F)F)c2)n1.Cl. The molecule has 2 atom stereocenters. The van der Waals surface area contributed by atoms with E-state index in [0.29, 0.717) is 6.54 Å². The fraction of sp³-hybridized carbons (Fsp3) is 0.444. The highest BCUT2D eigenvalue weighted by molar-refractivity contribution is 5.92. The number of benzene rings is 1. The van der Waals surface area contributed by atoms with Crippen LogP contribution in [0, 0.1) is 0 Å². The maximum absolute atomic E-state index is 12.9. The molecule has 1 aliphatic heterocycles. The van der Waals surface area contributed by atoms with E-state index in [4.69, 9.17) is 5.73 Å². The number of aromatic nitrogens is 2. The first-order valence-electron chi connectivity index (χ1n) is 8.57. The van der Waals surface area contributed by atoms with Gasteiger partial charge in [0.05, 0.1) is 11.3 Å². The van der Waals surface area contributed by atoms with Crippen molar-refractivity contribution < 1.29 is 18.0 Å². The summed E-state index contributed by atoms with van der Waals surface area (Å²) >= 11 is 0. The van der Waals surface area contributed by atoms with Crippen molar-refractivity contribution in [2.45, 2.75) is 44.4 Å². The molecular formula is C18H22ClF3N4O. The van der Waals surface area contributed by atoms with E-state index in [9.17, 15) is 18.0 Å². The van der Waals surface area contributed by atoms with Crippen molar-refractivity contribution in [3.8, 4) is 5.69 Å². The van der Waals surface area contributed by atoms with Crippen LogP contribution in [0.25, 0.3) is 5.69 Å². The van der Waals surface area contributed by atoms with E-state index in [2.05, 4.69) is 5.10 Å². The van der Waals surface area contributed by atoms with Crippen LogP contribution in [-0.2, 0) is 6.18 Å². The molecule has 0 spiro atoms. The molecule has 2 heterocycles. The molecule has 148 valence electrons. The number of likely N-dealkylation sites (tertiary alicyclic amines) is 1. The molecule has 9 heteroatoms. The lowest BCUT2D eigenvalue weighted by Gasteiger charge is -2.37. The summed E-state index contributed by atoms with van der Waals surface area (Å²) in [4.78, 5) is 14.5. The number of hydrogen-bond acceptors (Lipinski definition) is 3. The summed E-state index contributed by atoms with van der Waals surface area (Å²) in [6.45, 7) is 2.49. The molecule has 2 aromatic rings. The highest BCUT2D eigenvalue weighted by Gasteiger charge is 2.32. The monoisotopic (exact) mass is 402 g/mol. The molecule has 5 nitrogen and oxygen atoms in total. The van der Waals surface area contributed by atoms with Crippen LogP contribution < -0.4 is 5.73 Å². The maximum Gasteiger partial charge on any atom is 0.416 e. The number of piperidine rings is 1. The lowest BCUT2D eigenvalue weighted by atomic mass is 9.96. The van der Waals surface area contributed by atoms with Gasteiger partial charge in [-0.1, -0.05) is 6.07 Å². The van der Waals surface area contributed by atoms with Gasteiger partial charge in [-0.05, 0) is 50.5 Å². The minimum atomic E-state index is -4.43. The Hall–Kier alpha value is -2.06. The molecule has 2 unspecified atom stereocenters. The highest BCUT2D eigenvalue weighted by atomic mass is 35.5. The largest absolute Gasteiger partial charge is 0.416 e. The normalized spacial score (nSPS) is 18.7. The molecule has 1 saturated heterocycles. The van der Waals surface area contributed by atoms with Gasteiger partial charge in [0.25, 0.3) is 5.91 Å². The van der Waals surface area contributed by atoms with Crippen molar-refractivity contribution in [3.05, 3.63) is 47.8 Å². The fourth-order valence-electron chi connectivity index (χ4n) is 3.31. The fourth-order valence-corrected chi connectivity index (χ4v) is 3.31. The van der Waals surface area contributed by atoms with Gasteiger partial charge in [0, 0.05) is 24.8 Å². The maximum atomic E-state index is 12.9. The van der Waals surface area contributed by atoms with Crippen molar-refractivity contribution in [3.63, 3.8) is 0 Å². The van der Waals surface area contributed by atoms with Crippen LogP contribution >= 0.6 is 12.4 Å². The van der Waals surface area contributed by atoms with Crippen LogP contribution in [0.1, 0.15) is 42.2 Å². The van der Waals surface area contributed by atoms with Gasteiger partial charge in [-0.25, -0.2) is 4.68 Å². The Morgan fingerprint density at radius 1 is 1.30 bits per heavy atom. The third-order valence-corrected chi connectivity index (χ3v) is 4.66. The number of amides is 1. The lowest BCUT2D eigenvalue weighted by Crippen LogP contribution is -2.51. The van der Waals surface area contributed by atoms with Gasteiger partial charge >= 0.3 is 6.18 Å². The molecule has 0 bridgehead atoms. The Labute approximate surface area is 161 Å². The van der Waals surface area contributed by atoms with E-state index in [1.165, 1.54) is 29.1 Å². The molecule has 27 heavy (non-hydrogen) atoms. The molecule has 3 rings (SSSR count). The van der Waals surface area contributed by atoms with Gasteiger partial charge < -0.3 is 10.6 Å². The number of hydrogen-bond donors (Lipinski definition) is 1. The molecule has 0 radical (unpaired) electrons. The van der Waals surface area contributed by atoms with Crippen LogP contribution in [0.2, 0.25) is 0 Å². The number of halogens is 4. The molecule has 0 aliphatic carbocycles. The number of nitrogens with two attached hydrogens (primary N) is 1. The number of nitrogens with zero attached hydrogens (tertiary/aromatic N) is 3. The minimum Gasteiger partial charge on any atom is -0.333 e. The van der Waals surface area contributed by atoms with Crippen LogP contribution in [0.4, 0.5) is 13.2 Å². The average Bonchev–Trinajstić information content (AvgIpc) is 3.10. The van der Waals surface area contributed by atoms with E-state index in [0.717, 1.165) is 31.4 Å². The van der Waals surface area contributed by atoms with Crippen molar-refractivity contribution in [2.24, 2.45) is 5.73 Å². The van der Waals surface area contributed by atoms with Crippen LogP contribution in [0.3, 0.4) is 0 Å². The van der Waals surface area contributed by atoms with E-state index >= 15 is 0 Å². The predicted octanol–water partition coefficient (Wildman–Crippen LogP) is 3.65. The smallest absolute Gasteiger partial charge is 0.333 e. The zero-order valence-corrected chi connectivity index (χ0v) is 15.6. The summed E-state index contributed by atoms with van der Waals surface area (Å²) in [7, 11) is 0. The Bertz CT molecular complexity index is 791. The second-order valence-electron chi connectivity index (χ2n) is 6.61. The Balaban J connectivity index is 0.00000261. The van der Waals surface area contributed by atoms with Gasteiger partial charge in [0.15, 0.2) is 5.69 Å². The Kier molecular flexibility index (Phi) is 6.54. The lowest BCUT2D eigenvalue weighted by molar-refractivity contribution is -0.137. The number of alkyl halides is 3. The Morgan fingerprint density at radius 3 is 2.70 bits per heavy atom. The summed E-state index contributed by atoms with van der Waals surface area (Å²) in [6.07, 6.45) is -0.163. The molecule has 1 aromatic heterocycles. The van der Waals surface area contributed by atoms with E-state index in [1.54, 1.807) is 4.90 Å². The molecule has 0 saturated carbocycles. The van der Waals surface area contributed by atoms with E-state index < -0.39 is 11.7 Å². The number of rotatable bonds is 3. The van der Waals surface area contributed by atoms with Gasteiger partial charge in [-0.15, -0.1) is 12.4 Å². The molecular weight excluding hydrogens is 381 g/mol. The zero-order valence-electron chi connectivity index (χ0n) is 14.8. The third-order valence-electron chi connectivity index (χ3n) is 4.66. The summed E-state index contributed by atoms with van der Waals surface area (Å²) in [6, 6.07) is 6.17. The van der Waals surface area contributed by atoms with Crippen LogP contribution in [0.15, 0.2) is 36.5 Å². The summed E-state index contributed by atoms with van der Waals surface area (Å²) in [5.74, 6) is -0.238. The van der Waals surface area contributed by atoms with Gasteiger partial charge in [-0.2, -0.15) is 18.3 Å². The standard InChI is InChI=1S/C18H21F3N4O.ClH/c1-12(22)16-7-2-3-9-24(16)17(26)15-8-10-25(23-15)14-6-4-5-13(11-14)18(19,20)21;/h4-6,8,10-12,16H,2-3,7,9,22H2,1H3;1H. The van der Waals surface area contributed by atoms with Crippen molar-refractivity contribution in [1.82, 2.24) is 14.7 Å². The van der Waals surface area contributed by atoms with Crippen molar-refractivity contribution in [1.29, 1.82) is 0 Å². The van der Waals surface area contributed by atoms with Crippen molar-refractivity contribution in [2.75, 3.05) is 6.54 Å². The Morgan fingerprint density at radius 2 is 2.04 bits per heavy atom. The number of carbonyl (C=O) groups is 1. The molecule has 1 amide bonds. The molecule has 1 fully saturated rings. The molecule has 1 aromatic carbocycles. The minimum absolute atomic E-state index is 0. The van der Waals surface area contributed by atoms with Gasteiger partial charge in [-0.3, -0.25) is 4.79 Å². The van der Waals surface area contributed by atoms with Crippen LogP contribution in [-0.4, -0.2) is 39.2 Å². The zero-order chi connectivity index (χ0) is 18.9. The van der Waals surface area contributed by atoms with E-state index in [-0.39, 0.29) is 41.8 Å². The highest BCUT2D eigenvalue weighted by Crippen LogP contribution is 2.30. The quantitative estimate of drug-likeness (QED) is 0.852. The average molecular weight is 403 g/mol. The van der Waals surface area contributed by atoms with Crippen molar-refractivity contribution >= 4 is 18.3 Å². The molecule has 2 N–H and O–H groups in total. The first-order valence-corrected chi connectivity index (χ1v) is 8.57. The molecule has 1 aliphatic rings. The predicted molar refractivity (Wildman–Crippen MR) is 98.1 cm³/mol. The number of carbonyl (C=O) groups excluding carboxylic acids is 1. The first-order chi connectivity index (χ1) is 12.3. The second kappa shape index (κ2) is 8.31. The summed E-state index contributed by atoms with van der Waals surface area (Å²) < 4.78 is 39.9. The first kappa shape index (κ1) is 21.2. The second-order valence-corrected chi connectivity index (χ2v) is 6.61. The topological polar surface area (TPSA) is 64.2 Å². The summed E-state index contributed by atoms with van der Waals surface area (Å²) in [5, 5.41) is 4.19. The summed E-state index contributed by atoms with van der Waals surface area (Å²) in [5.41, 5.74) is 5.70. The van der Waals surface area contributed by atoms with Crippen LogP contribution in [0.5, 0.6) is 0 Å². The van der Waals surface area contributed by atoms with E-state index in [1.807, 2.05) is 6.92 Å². The third kappa shape index (κ3) is 4.62.